The number of hydrogen-bond acceptors (Lipinski definition) is 7. The van der Waals surface area contributed by atoms with E-state index in [1.165, 1.54) is 71.1 Å². The number of allylic oxidation sites excluding steroid dienone is 1. The summed E-state index contributed by atoms with van der Waals surface area (Å²) in [5.74, 6) is 4.88. The van der Waals surface area contributed by atoms with Crippen LogP contribution in [0.4, 0.5) is 0 Å². The van der Waals surface area contributed by atoms with Gasteiger partial charge >= 0.3 is 0 Å². The Morgan fingerprint density at radius 3 is 2.47 bits per heavy atom. The Labute approximate surface area is 303 Å². The largest absolute Gasteiger partial charge is 0.390 e. The first-order valence-electron chi connectivity index (χ1n) is 20.2. The van der Waals surface area contributed by atoms with Crippen LogP contribution in [-0.2, 0) is 14.3 Å². The maximum Gasteiger partial charge on any atom is 0.217 e. The smallest absolute Gasteiger partial charge is 0.217 e. The molecule has 14 atom stereocenters. The number of nitrogens with one attached hydrogen (secondary N) is 1. The maximum absolute atomic E-state index is 11.4. The van der Waals surface area contributed by atoms with Gasteiger partial charge in [0.1, 0.15) is 23.7 Å². The molecule has 0 aromatic carbocycles. The third-order valence-electron chi connectivity index (χ3n) is 14.4. The molecule has 4 aliphatic carbocycles. The summed E-state index contributed by atoms with van der Waals surface area (Å²) in [6, 6.07) is -0.829. The first-order chi connectivity index (χ1) is 23.3. The molecule has 0 bridgehead atoms. The molecule has 7 nitrogen and oxygen atoms in total. The molecule has 5 rings (SSSR count). The van der Waals surface area contributed by atoms with Gasteiger partial charge in [0.15, 0.2) is 0 Å². The summed E-state index contributed by atoms with van der Waals surface area (Å²) in [4.78, 5) is 11.4. The van der Waals surface area contributed by atoms with Crippen molar-refractivity contribution in [1.29, 1.82) is 0 Å². The van der Waals surface area contributed by atoms with Crippen molar-refractivity contribution < 1.29 is 29.6 Å². The Bertz CT molecular complexity index is 1120. The van der Waals surface area contributed by atoms with Crippen molar-refractivity contribution in [3.05, 3.63) is 11.6 Å². The summed E-state index contributed by atoms with van der Waals surface area (Å²) < 4.78 is 12.2. The molecule has 0 aromatic heterocycles. The van der Waals surface area contributed by atoms with E-state index in [0.717, 1.165) is 74.2 Å². The molecule has 282 valence electrons. The maximum atomic E-state index is 11.4. The fraction of sp³-hybridized carbons (Fsp3) is 0.927. The number of rotatable bonds is 15. The van der Waals surface area contributed by atoms with Crippen LogP contribution < -0.4 is 5.32 Å². The van der Waals surface area contributed by atoms with Gasteiger partial charge in [0, 0.05) is 13.5 Å². The monoisotopic (exact) mass is 706 g/mol. The van der Waals surface area contributed by atoms with Crippen LogP contribution >= 0.6 is 12.6 Å². The van der Waals surface area contributed by atoms with Crippen LogP contribution in [0.15, 0.2) is 11.6 Å². The summed E-state index contributed by atoms with van der Waals surface area (Å²) >= 11 is 4.33. The highest BCUT2D eigenvalue weighted by atomic mass is 32.1. The number of carbonyl (C=O) groups is 1. The van der Waals surface area contributed by atoms with Gasteiger partial charge < -0.3 is 30.1 Å². The number of amides is 1. The van der Waals surface area contributed by atoms with Gasteiger partial charge in [0.2, 0.25) is 5.91 Å². The minimum absolute atomic E-state index is 0.334. The zero-order valence-electron chi connectivity index (χ0n) is 31.6. The standard InChI is InChI=1S/C41H71NO6S/c1-25(2)12-11-13-26(3)31-17-18-32-30-16-15-28-24-29(19-21-40(28,5)33(30)20-22-41(31,32)6)47-23-10-8-7-9-14-34(44)38-37(46)36(45)35(39(49)48-38)42-27(4)43/h15,25-26,29-39,44-46,49H,7-14,16-24H2,1-6H3,(H,42,43)/t26-,29-,30?,31-,32?,33?,34?,35-,36-,37-,38-,39+,40+,41-/m1/s1. The van der Waals surface area contributed by atoms with Crippen molar-refractivity contribution in [1.82, 2.24) is 5.32 Å². The van der Waals surface area contributed by atoms with Crippen LogP contribution in [-0.4, -0.2) is 69.8 Å². The molecule has 5 aliphatic rings. The summed E-state index contributed by atoms with van der Waals surface area (Å²) in [6.07, 6.45) is 17.6. The molecule has 4 fully saturated rings. The normalized spacial score (nSPS) is 41.7. The van der Waals surface area contributed by atoms with Crippen molar-refractivity contribution in [3.63, 3.8) is 0 Å². The summed E-state index contributed by atoms with van der Waals surface area (Å²) in [6.45, 7) is 14.7. The quantitative estimate of drug-likeness (QED) is 0.0683. The van der Waals surface area contributed by atoms with E-state index < -0.39 is 35.9 Å². The third kappa shape index (κ3) is 8.78. The van der Waals surface area contributed by atoms with E-state index in [9.17, 15) is 20.1 Å². The molecule has 1 aliphatic heterocycles. The summed E-state index contributed by atoms with van der Waals surface area (Å²) in [5.41, 5.74) is 1.79. The Kier molecular flexibility index (Phi) is 13.7. The lowest BCUT2D eigenvalue weighted by Gasteiger charge is -2.58. The average Bonchev–Trinajstić information content (AvgIpc) is 3.41. The molecule has 8 heteroatoms. The van der Waals surface area contributed by atoms with Gasteiger partial charge in [0.25, 0.3) is 0 Å². The lowest BCUT2D eigenvalue weighted by Crippen LogP contribution is -2.64. The molecule has 1 heterocycles. The third-order valence-corrected chi connectivity index (χ3v) is 14.9. The number of unbranched alkanes of at least 4 members (excludes halogenated alkanes) is 3. The number of fused-ring (bicyclic) bond motifs is 5. The highest BCUT2D eigenvalue weighted by Crippen LogP contribution is 2.67. The Hall–Kier alpha value is -0.640. The second-order valence-electron chi connectivity index (χ2n) is 18.0. The Morgan fingerprint density at radius 1 is 0.980 bits per heavy atom. The summed E-state index contributed by atoms with van der Waals surface area (Å²) in [7, 11) is 0. The minimum Gasteiger partial charge on any atom is -0.390 e. The number of aliphatic hydroxyl groups is 3. The SMILES string of the molecule is CC(=O)N[C@@H]1[C@@H](O)[C@@H](O)[C@@H](C(O)CCCCCCO[C@@H]2CC[C@@]3(C)C(=CCC4C3CC[C@@]3(C)C4CC[C@@H]3[C@H](C)CCCC(C)C)C2)O[C@H]1S. The molecular weight excluding hydrogens is 635 g/mol. The molecule has 3 saturated carbocycles. The van der Waals surface area contributed by atoms with Crippen LogP contribution in [0.25, 0.3) is 0 Å². The van der Waals surface area contributed by atoms with Crippen molar-refractivity contribution in [3.8, 4) is 0 Å². The lowest BCUT2D eigenvalue weighted by atomic mass is 9.47. The second-order valence-corrected chi connectivity index (χ2v) is 18.5. The van der Waals surface area contributed by atoms with E-state index in [2.05, 4.69) is 58.6 Å². The van der Waals surface area contributed by atoms with Crippen LogP contribution in [0.5, 0.6) is 0 Å². The molecular formula is C41H71NO6S. The van der Waals surface area contributed by atoms with Crippen LogP contribution in [0.3, 0.4) is 0 Å². The van der Waals surface area contributed by atoms with Gasteiger partial charge in [-0.15, -0.1) is 12.6 Å². The second kappa shape index (κ2) is 17.0. The zero-order valence-corrected chi connectivity index (χ0v) is 32.5. The number of ether oxygens (including phenoxy) is 2. The predicted octanol–water partition coefficient (Wildman–Crippen LogP) is 7.61. The van der Waals surface area contributed by atoms with Crippen LogP contribution in [0.2, 0.25) is 0 Å². The van der Waals surface area contributed by atoms with E-state index in [1.54, 1.807) is 5.57 Å². The number of carbonyl (C=O) groups excluding carboxylic acids is 1. The van der Waals surface area contributed by atoms with Crippen molar-refractivity contribution in [2.45, 2.75) is 186 Å². The predicted molar refractivity (Wildman–Crippen MR) is 199 cm³/mol. The van der Waals surface area contributed by atoms with Gasteiger partial charge in [-0.2, -0.15) is 0 Å². The molecule has 0 spiro atoms. The molecule has 0 aromatic rings. The van der Waals surface area contributed by atoms with Crippen molar-refractivity contribution in [2.75, 3.05) is 6.61 Å². The van der Waals surface area contributed by atoms with Gasteiger partial charge in [-0.25, -0.2) is 0 Å². The molecule has 1 saturated heterocycles. The number of hydrogen-bond donors (Lipinski definition) is 5. The first kappa shape index (κ1) is 39.6. The minimum atomic E-state index is -1.29. The van der Waals surface area contributed by atoms with Gasteiger partial charge in [-0.1, -0.05) is 84.8 Å². The molecule has 4 N–H and O–H groups in total. The Balaban J connectivity index is 1.01. The van der Waals surface area contributed by atoms with E-state index in [1.807, 2.05) is 0 Å². The zero-order chi connectivity index (χ0) is 35.5. The molecule has 0 radical (unpaired) electrons. The Morgan fingerprint density at radius 2 is 1.73 bits per heavy atom. The first-order valence-corrected chi connectivity index (χ1v) is 20.7. The fourth-order valence-corrected chi connectivity index (χ4v) is 12.0. The van der Waals surface area contributed by atoms with E-state index in [-0.39, 0.29) is 5.91 Å². The van der Waals surface area contributed by atoms with Crippen molar-refractivity contribution >= 4 is 18.5 Å². The van der Waals surface area contributed by atoms with Crippen LogP contribution in [0, 0.1) is 46.3 Å². The fourth-order valence-electron chi connectivity index (χ4n) is 11.6. The number of thiol groups is 1. The van der Waals surface area contributed by atoms with Gasteiger partial charge in [-0.3, -0.25) is 4.79 Å². The highest BCUT2D eigenvalue weighted by molar-refractivity contribution is 7.80. The highest BCUT2D eigenvalue weighted by Gasteiger charge is 2.59. The van der Waals surface area contributed by atoms with Gasteiger partial charge in [0.05, 0.1) is 18.2 Å². The van der Waals surface area contributed by atoms with E-state index in [4.69, 9.17) is 9.47 Å². The van der Waals surface area contributed by atoms with E-state index in [0.29, 0.717) is 23.4 Å². The molecule has 4 unspecified atom stereocenters. The summed E-state index contributed by atoms with van der Waals surface area (Å²) in [5, 5.41) is 34.2. The van der Waals surface area contributed by atoms with Gasteiger partial charge in [-0.05, 0) is 111 Å². The average molecular weight is 706 g/mol. The lowest BCUT2D eigenvalue weighted by molar-refractivity contribution is -0.192. The van der Waals surface area contributed by atoms with E-state index >= 15 is 0 Å². The van der Waals surface area contributed by atoms with Crippen molar-refractivity contribution in [2.24, 2.45) is 46.3 Å². The molecule has 49 heavy (non-hydrogen) atoms. The van der Waals surface area contributed by atoms with Crippen LogP contribution in [0.1, 0.15) is 144 Å². The topological polar surface area (TPSA) is 108 Å². The molecule has 1 amide bonds. The number of aliphatic hydroxyl groups excluding tert-OH is 3.